The Kier molecular flexibility index (Phi) is 4.74. The number of anilines is 1. The molecule has 3 rings (SSSR count). The zero-order chi connectivity index (χ0) is 17.1. The van der Waals surface area contributed by atoms with Crippen LogP contribution in [0.25, 0.3) is 10.9 Å². The van der Waals surface area contributed by atoms with Crippen LogP contribution in [0.15, 0.2) is 30.5 Å². The van der Waals surface area contributed by atoms with Crippen molar-refractivity contribution in [1.82, 2.24) is 14.8 Å². The maximum atomic E-state index is 12.1. The summed E-state index contributed by atoms with van der Waals surface area (Å²) in [6.07, 6.45) is 6.41. The van der Waals surface area contributed by atoms with Crippen LogP contribution in [0.2, 0.25) is 0 Å². The summed E-state index contributed by atoms with van der Waals surface area (Å²) in [5.74, 6) is 0.0469. The number of amides is 3. The molecule has 0 bridgehead atoms. The van der Waals surface area contributed by atoms with Crippen molar-refractivity contribution in [2.24, 2.45) is 0 Å². The van der Waals surface area contributed by atoms with E-state index in [1.54, 1.807) is 19.0 Å². The molecule has 0 aliphatic heterocycles. The molecule has 2 N–H and O–H groups in total. The lowest BCUT2D eigenvalue weighted by Crippen LogP contribution is -2.36. The summed E-state index contributed by atoms with van der Waals surface area (Å²) in [6.45, 7) is 0.311. The highest BCUT2D eigenvalue weighted by atomic mass is 16.2. The molecule has 2 aromatic rings. The number of carbonyl (C=O) groups is 2. The van der Waals surface area contributed by atoms with E-state index in [2.05, 4.69) is 10.6 Å². The van der Waals surface area contributed by atoms with Gasteiger partial charge in [-0.25, -0.2) is 4.79 Å². The lowest BCUT2D eigenvalue weighted by atomic mass is 10.2. The number of rotatable bonds is 4. The average Bonchev–Trinajstić information content (AvgIpc) is 3.17. The monoisotopic (exact) mass is 328 g/mol. The van der Waals surface area contributed by atoms with Gasteiger partial charge < -0.3 is 20.1 Å². The maximum absolute atomic E-state index is 12.1. The zero-order valence-electron chi connectivity index (χ0n) is 14.2. The van der Waals surface area contributed by atoms with Gasteiger partial charge >= 0.3 is 6.03 Å². The SMILES string of the molecule is CN(C)C(=O)Cn1ccc2cc(NC(=O)NC3CCCC3)ccc21. The molecule has 1 aliphatic carbocycles. The van der Waals surface area contributed by atoms with Crippen LogP contribution < -0.4 is 10.6 Å². The van der Waals surface area contributed by atoms with Crippen molar-refractivity contribution in [2.75, 3.05) is 19.4 Å². The Balaban J connectivity index is 1.68. The Bertz CT molecular complexity index is 745. The molecule has 128 valence electrons. The van der Waals surface area contributed by atoms with Crippen molar-refractivity contribution in [3.8, 4) is 0 Å². The third kappa shape index (κ3) is 3.69. The summed E-state index contributed by atoms with van der Waals surface area (Å²) in [5.41, 5.74) is 1.74. The smallest absolute Gasteiger partial charge is 0.319 e. The molecule has 1 fully saturated rings. The quantitative estimate of drug-likeness (QED) is 0.906. The van der Waals surface area contributed by atoms with E-state index in [4.69, 9.17) is 0 Å². The summed E-state index contributed by atoms with van der Waals surface area (Å²) in [6, 6.07) is 7.84. The van der Waals surface area contributed by atoms with Gasteiger partial charge in [-0.1, -0.05) is 12.8 Å². The second kappa shape index (κ2) is 6.95. The van der Waals surface area contributed by atoms with E-state index in [-0.39, 0.29) is 11.9 Å². The van der Waals surface area contributed by atoms with Crippen LogP contribution in [0.5, 0.6) is 0 Å². The molecular weight excluding hydrogens is 304 g/mol. The van der Waals surface area contributed by atoms with Crippen LogP contribution in [-0.4, -0.2) is 41.5 Å². The number of aromatic nitrogens is 1. The first-order chi connectivity index (χ1) is 11.5. The van der Waals surface area contributed by atoms with Crippen molar-refractivity contribution >= 4 is 28.5 Å². The highest BCUT2D eigenvalue weighted by molar-refractivity contribution is 5.93. The van der Waals surface area contributed by atoms with Crippen molar-refractivity contribution in [2.45, 2.75) is 38.3 Å². The highest BCUT2D eigenvalue weighted by Crippen LogP contribution is 2.21. The molecule has 24 heavy (non-hydrogen) atoms. The van der Waals surface area contributed by atoms with Gasteiger partial charge in [0.05, 0.1) is 0 Å². The molecule has 1 saturated carbocycles. The van der Waals surface area contributed by atoms with Gasteiger partial charge in [-0.2, -0.15) is 0 Å². The zero-order valence-corrected chi connectivity index (χ0v) is 14.2. The van der Waals surface area contributed by atoms with E-state index in [9.17, 15) is 9.59 Å². The Morgan fingerprint density at radius 2 is 1.96 bits per heavy atom. The predicted octanol–water partition coefficient (Wildman–Crippen LogP) is 2.79. The molecule has 0 spiro atoms. The number of hydrogen-bond acceptors (Lipinski definition) is 2. The second-order valence-corrected chi connectivity index (χ2v) is 6.59. The number of nitrogens with zero attached hydrogens (tertiary/aromatic N) is 2. The molecule has 1 aromatic carbocycles. The number of hydrogen-bond donors (Lipinski definition) is 2. The Hall–Kier alpha value is -2.50. The number of benzene rings is 1. The molecule has 0 saturated heterocycles. The Labute approximate surface area is 141 Å². The van der Waals surface area contributed by atoms with Crippen LogP contribution >= 0.6 is 0 Å². The van der Waals surface area contributed by atoms with E-state index in [1.807, 2.05) is 35.0 Å². The number of nitrogens with one attached hydrogen (secondary N) is 2. The molecule has 0 atom stereocenters. The largest absolute Gasteiger partial charge is 0.347 e. The number of fused-ring (bicyclic) bond motifs is 1. The van der Waals surface area contributed by atoms with Gasteiger partial charge in [0.25, 0.3) is 0 Å². The first-order valence-electron chi connectivity index (χ1n) is 8.39. The molecule has 1 aliphatic rings. The van der Waals surface area contributed by atoms with Crippen LogP contribution in [0.4, 0.5) is 10.5 Å². The molecule has 1 aromatic heterocycles. The molecule has 6 heteroatoms. The standard InChI is InChI=1S/C18H24N4O2/c1-21(2)17(23)12-22-10-9-13-11-15(7-8-16(13)22)20-18(24)19-14-5-3-4-6-14/h7-11,14H,3-6,12H2,1-2H3,(H2,19,20,24). The number of likely N-dealkylation sites (N-methyl/N-ethyl adjacent to an activating group) is 1. The molecule has 0 unspecified atom stereocenters. The lowest BCUT2D eigenvalue weighted by molar-refractivity contribution is -0.129. The minimum Gasteiger partial charge on any atom is -0.347 e. The lowest BCUT2D eigenvalue weighted by Gasteiger charge is -2.13. The van der Waals surface area contributed by atoms with Crippen molar-refractivity contribution < 1.29 is 9.59 Å². The Morgan fingerprint density at radius 1 is 1.21 bits per heavy atom. The molecule has 3 amide bonds. The maximum Gasteiger partial charge on any atom is 0.319 e. The highest BCUT2D eigenvalue weighted by Gasteiger charge is 2.17. The van der Waals surface area contributed by atoms with Crippen molar-refractivity contribution in [3.05, 3.63) is 30.5 Å². The van der Waals surface area contributed by atoms with E-state index >= 15 is 0 Å². The fraction of sp³-hybridized carbons (Fsp3) is 0.444. The summed E-state index contributed by atoms with van der Waals surface area (Å²) in [5, 5.41) is 6.91. The van der Waals surface area contributed by atoms with Gasteiger partial charge in [-0.15, -0.1) is 0 Å². The van der Waals surface area contributed by atoms with Crippen LogP contribution in [0.3, 0.4) is 0 Å². The first kappa shape index (κ1) is 16.4. The summed E-state index contributed by atoms with van der Waals surface area (Å²) < 4.78 is 1.92. The minimum absolute atomic E-state index is 0.0469. The second-order valence-electron chi connectivity index (χ2n) is 6.59. The third-order valence-electron chi connectivity index (χ3n) is 4.52. The van der Waals surface area contributed by atoms with Gasteiger partial charge in [0.1, 0.15) is 6.54 Å². The predicted molar refractivity (Wildman–Crippen MR) is 95.0 cm³/mol. The topological polar surface area (TPSA) is 66.4 Å². The molecule has 6 nitrogen and oxygen atoms in total. The third-order valence-corrected chi connectivity index (χ3v) is 4.52. The molecule has 1 heterocycles. The normalized spacial score (nSPS) is 14.8. The van der Waals surface area contributed by atoms with Crippen molar-refractivity contribution in [1.29, 1.82) is 0 Å². The fourth-order valence-corrected chi connectivity index (χ4v) is 3.13. The summed E-state index contributed by atoms with van der Waals surface area (Å²) in [4.78, 5) is 25.5. The fourth-order valence-electron chi connectivity index (χ4n) is 3.13. The van der Waals surface area contributed by atoms with Crippen LogP contribution in [0.1, 0.15) is 25.7 Å². The summed E-state index contributed by atoms with van der Waals surface area (Å²) >= 11 is 0. The molecular formula is C18H24N4O2. The molecule has 0 radical (unpaired) electrons. The van der Waals surface area contributed by atoms with Crippen LogP contribution in [-0.2, 0) is 11.3 Å². The minimum atomic E-state index is -0.150. The first-order valence-corrected chi connectivity index (χ1v) is 8.39. The van der Waals surface area contributed by atoms with E-state index < -0.39 is 0 Å². The van der Waals surface area contributed by atoms with Gasteiger partial charge in [-0.3, -0.25) is 4.79 Å². The van der Waals surface area contributed by atoms with Gasteiger partial charge in [0, 0.05) is 42.9 Å². The van der Waals surface area contributed by atoms with E-state index in [0.717, 1.165) is 29.4 Å². The Morgan fingerprint density at radius 3 is 2.67 bits per heavy atom. The summed E-state index contributed by atoms with van der Waals surface area (Å²) in [7, 11) is 3.50. The number of urea groups is 1. The average molecular weight is 328 g/mol. The number of carbonyl (C=O) groups excluding carboxylic acids is 2. The van der Waals surface area contributed by atoms with Crippen molar-refractivity contribution in [3.63, 3.8) is 0 Å². The van der Waals surface area contributed by atoms with Gasteiger partial charge in [0.2, 0.25) is 5.91 Å². The van der Waals surface area contributed by atoms with E-state index in [0.29, 0.717) is 12.6 Å². The van der Waals surface area contributed by atoms with Crippen LogP contribution in [0, 0.1) is 0 Å². The van der Waals surface area contributed by atoms with Gasteiger partial charge in [-0.05, 0) is 37.1 Å². The van der Waals surface area contributed by atoms with E-state index in [1.165, 1.54) is 12.8 Å². The van der Waals surface area contributed by atoms with Gasteiger partial charge in [0.15, 0.2) is 0 Å².